The van der Waals surface area contributed by atoms with Gasteiger partial charge in [-0.1, -0.05) is 46.3 Å². The van der Waals surface area contributed by atoms with Crippen LogP contribution >= 0.6 is 15.9 Å². The molecule has 0 unspecified atom stereocenters. The van der Waals surface area contributed by atoms with Crippen LogP contribution < -0.4 is 14.8 Å². The fraction of sp³-hybridized carbons (Fsp3) is 0.250. The Bertz CT molecular complexity index is 558. The topological polar surface area (TPSA) is 30.5 Å². The third-order valence-electron chi connectivity index (χ3n) is 3.04. The van der Waals surface area contributed by atoms with E-state index in [2.05, 4.69) is 33.4 Å². The van der Waals surface area contributed by atoms with Crippen LogP contribution in [0.1, 0.15) is 11.1 Å². The predicted octanol–water partition coefficient (Wildman–Crippen LogP) is 3.76. The van der Waals surface area contributed by atoms with E-state index in [1.54, 1.807) is 14.2 Å². The molecule has 0 saturated heterocycles. The first kappa shape index (κ1) is 14.9. The van der Waals surface area contributed by atoms with Crippen molar-refractivity contribution in [2.75, 3.05) is 14.2 Å². The summed E-state index contributed by atoms with van der Waals surface area (Å²) >= 11 is 3.56. The molecule has 1 N–H and O–H groups in total. The van der Waals surface area contributed by atoms with Gasteiger partial charge in [0.15, 0.2) is 11.5 Å². The van der Waals surface area contributed by atoms with Crippen molar-refractivity contribution in [3.63, 3.8) is 0 Å². The second-order valence-corrected chi connectivity index (χ2v) is 5.24. The summed E-state index contributed by atoms with van der Waals surface area (Å²) in [7, 11) is 3.28. The Morgan fingerprint density at radius 1 is 0.950 bits per heavy atom. The highest BCUT2D eigenvalue weighted by molar-refractivity contribution is 9.10. The molecule has 106 valence electrons. The van der Waals surface area contributed by atoms with Gasteiger partial charge in [-0.25, -0.2) is 0 Å². The molecule has 4 heteroatoms. The Balaban J connectivity index is 2.02. The lowest BCUT2D eigenvalue weighted by molar-refractivity contribution is 0.354. The normalized spacial score (nSPS) is 10.3. The Morgan fingerprint density at radius 3 is 2.25 bits per heavy atom. The van der Waals surface area contributed by atoms with Crippen molar-refractivity contribution in [1.82, 2.24) is 5.32 Å². The highest BCUT2D eigenvalue weighted by Gasteiger charge is 2.09. The standard InChI is InChI=1S/C16H18BrNO2/c1-19-15-8-13(14(17)9-16(15)20-2)11-18-10-12-6-4-3-5-7-12/h3-9,18H,10-11H2,1-2H3. The zero-order valence-electron chi connectivity index (χ0n) is 11.7. The van der Waals surface area contributed by atoms with E-state index in [9.17, 15) is 0 Å². The summed E-state index contributed by atoms with van der Waals surface area (Å²) in [5.41, 5.74) is 2.41. The Kier molecular flexibility index (Phi) is 5.44. The van der Waals surface area contributed by atoms with Crippen molar-refractivity contribution in [3.8, 4) is 11.5 Å². The van der Waals surface area contributed by atoms with Crippen molar-refractivity contribution >= 4 is 15.9 Å². The minimum Gasteiger partial charge on any atom is -0.493 e. The summed E-state index contributed by atoms with van der Waals surface area (Å²) in [4.78, 5) is 0. The van der Waals surface area contributed by atoms with Crippen molar-refractivity contribution in [3.05, 3.63) is 58.1 Å². The zero-order valence-corrected chi connectivity index (χ0v) is 13.2. The minimum absolute atomic E-state index is 0.728. The number of hydrogen-bond donors (Lipinski definition) is 1. The van der Waals surface area contributed by atoms with Crippen LogP contribution in [0.3, 0.4) is 0 Å². The van der Waals surface area contributed by atoms with E-state index in [0.717, 1.165) is 34.6 Å². The second kappa shape index (κ2) is 7.31. The molecule has 2 aromatic rings. The molecular weight excluding hydrogens is 318 g/mol. The van der Waals surface area contributed by atoms with E-state index >= 15 is 0 Å². The van der Waals surface area contributed by atoms with Gasteiger partial charge in [-0.15, -0.1) is 0 Å². The summed E-state index contributed by atoms with van der Waals surface area (Å²) in [5, 5.41) is 3.42. The second-order valence-electron chi connectivity index (χ2n) is 4.39. The molecule has 0 aliphatic heterocycles. The van der Waals surface area contributed by atoms with Crippen LogP contribution in [0.25, 0.3) is 0 Å². The fourth-order valence-electron chi connectivity index (χ4n) is 1.97. The van der Waals surface area contributed by atoms with E-state index in [0.29, 0.717) is 0 Å². The molecule has 2 rings (SSSR count). The third kappa shape index (κ3) is 3.74. The average molecular weight is 336 g/mol. The highest BCUT2D eigenvalue weighted by atomic mass is 79.9. The van der Waals surface area contributed by atoms with Gasteiger partial charge in [0.25, 0.3) is 0 Å². The summed E-state index contributed by atoms with van der Waals surface area (Å²) in [6.45, 7) is 1.59. The maximum Gasteiger partial charge on any atom is 0.161 e. The Labute approximate surface area is 128 Å². The van der Waals surface area contributed by atoms with Crippen LogP contribution in [0.4, 0.5) is 0 Å². The quantitative estimate of drug-likeness (QED) is 0.871. The van der Waals surface area contributed by atoms with Crippen molar-refractivity contribution in [1.29, 1.82) is 0 Å². The van der Waals surface area contributed by atoms with Gasteiger partial charge >= 0.3 is 0 Å². The van der Waals surface area contributed by atoms with Crippen LogP contribution in [0.2, 0.25) is 0 Å². The van der Waals surface area contributed by atoms with Gasteiger partial charge in [-0.3, -0.25) is 0 Å². The molecule has 2 aromatic carbocycles. The number of ether oxygens (including phenoxy) is 2. The lowest BCUT2D eigenvalue weighted by Crippen LogP contribution is -2.13. The van der Waals surface area contributed by atoms with E-state index < -0.39 is 0 Å². The molecule has 0 aliphatic carbocycles. The van der Waals surface area contributed by atoms with Crippen molar-refractivity contribution in [2.24, 2.45) is 0 Å². The monoisotopic (exact) mass is 335 g/mol. The molecule has 3 nitrogen and oxygen atoms in total. The van der Waals surface area contributed by atoms with Gasteiger partial charge in [-0.05, 0) is 23.3 Å². The largest absolute Gasteiger partial charge is 0.493 e. The average Bonchev–Trinajstić information content (AvgIpc) is 2.49. The zero-order chi connectivity index (χ0) is 14.4. The van der Waals surface area contributed by atoms with E-state index in [-0.39, 0.29) is 0 Å². The maximum absolute atomic E-state index is 5.32. The van der Waals surface area contributed by atoms with Crippen molar-refractivity contribution in [2.45, 2.75) is 13.1 Å². The van der Waals surface area contributed by atoms with Crippen LogP contribution in [-0.2, 0) is 13.1 Å². The molecule has 0 saturated carbocycles. The van der Waals surface area contributed by atoms with Gasteiger partial charge < -0.3 is 14.8 Å². The van der Waals surface area contributed by atoms with Gasteiger partial charge in [0.2, 0.25) is 0 Å². The number of methoxy groups -OCH3 is 2. The van der Waals surface area contributed by atoms with Crippen LogP contribution in [-0.4, -0.2) is 14.2 Å². The molecule has 0 aromatic heterocycles. The number of nitrogens with one attached hydrogen (secondary N) is 1. The van der Waals surface area contributed by atoms with Crippen LogP contribution in [0.5, 0.6) is 11.5 Å². The Hall–Kier alpha value is -1.52. The molecule has 0 atom stereocenters. The molecule has 0 amide bonds. The number of halogens is 1. The molecular formula is C16H18BrNO2. The summed E-state index contributed by atoms with van der Waals surface area (Å²) < 4.78 is 11.6. The minimum atomic E-state index is 0.728. The number of hydrogen-bond acceptors (Lipinski definition) is 3. The Morgan fingerprint density at radius 2 is 1.60 bits per heavy atom. The predicted molar refractivity (Wildman–Crippen MR) is 84.2 cm³/mol. The fourth-order valence-corrected chi connectivity index (χ4v) is 2.43. The maximum atomic E-state index is 5.32. The first-order valence-corrected chi connectivity index (χ1v) is 7.19. The third-order valence-corrected chi connectivity index (χ3v) is 3.78. The van der Waals surface area contributed by atoms with Crippen LogP contribution in [0, 0.1) is 0 Å². The van der Waals surface area contributed by atoms with Crippen LogP contribution in [0.15, 0.2) is 46.9 Å². The summed E-state index contributed by atoms with van der Waals surface area (Å²) in [5.74, 6) is 1.47. The van der Waals surface area contributed by atoms with Crippen molar-refractivity contribution < 1.29 is 9.47 Å². The first-order chi connectivity index (χ1) is 9.74. The van der Waals surface area contributed by atoms with Gasteiger partial charge in [0.05, 0.1) is 14.2 Å². The molecule has 0 fully saturated rings. The summed E-state index contributed by atoms with van der Waals surface area (Å²) in [6, 6.07) is 14.2. The molecule has 0 bridgehead atoms. The molecule has 20 heavy (non-hydrogen) atoms. The van der Waals surface area contributed by atoms with Gasteiger partial charge in [0, 0.05) is 17.6 Å². The number of benzene rings is 2. The number of rotatable bonds is 6. The van der Waals surface area contributed by atoms with E-state index in [1.807, 2.05) is 30.3 Å². The van der Waals surface area contributed by atoms with E-state index in [4.69, 9.17) is 9.47 Å². The lowest BCUT2D eigenvalue weighted by Gasteiger charge is -2.12. The molecule has 0 spiro atoms. The first-order valence-electron chi connectivity index (χ1n) is 6.39. The van der Waals surface area contributed by atoms with E-state index in [1.165, 1.54) is 5.56 Å². The SMILES string of the molecule is COc1cc(Br)c(CNCc2ccccc2)cc1OC. The van der Waals surface area contributed by atoms with Gasteiger partial charge in [-0.2, -0.15) is 0 Å². The van der Waals surface area contributed by atoms with Gasteiger partial charge in [0.1, 0.15) is 0 Å². The molecule has 0 aliphatic rings. The smallest absolute Gasteiger partial charge is 0.161 e. The summed E-state index contributed by atoms with van der Waals surface area (Å²) in [6.07, 6.45) is 0. The molecule has 0 radical (unpaired) electrons. The highest BCUT2D eigenvalue weighted by Crippen LogP contribution is 2.33. The lowest BCUT2D eigenvalue weighted by atomic mass is 10.2. The molecule has 0 heterocycles.